The van der Waals surface area contributed by atoms with Gasteiger partial charge in [0.25, 0.3) is 0 Å². The maximum Gasteiger partial charge on any atom is 0.241 e. The topological polar surface area (TPSA) is 92.3 Å². The van der Waals surface area contributed by atoms with E-state index in [0.29, 0.717) is 17.9 Å². The van der Waals surface area contributed by atoms with E-state index in [2.05, 4.69) is 10.0 Å². The van der Waals surface area contributed by atoms with Crippen LogP contribution in [-0.4, -0.2) is 38.4 Å². The highest BCUT2D eigenvalue weighted by atomic mass is 32.2. The van der Waals surface area contributed by atoms with Crippen molar-refractivity contribution in [2.45, 2.75) is 29.7 Å². The molecule has 0 bridgehead atoms. The fraction of sp³-hybridized carbons (Fsp3) is 0.263. The van der Waals surface area contributed by atoms with Crippen molar-refractivity contribution in [2.75, 3.05) is 12.3 Å². The van der Waals surface area contributed by atoms with Gasteiger partial charge < -0.3 is 5.32 Å². The molecule has 2 aromatic carbocycles. The van der Waals surface area contributed by atoms with Gasteiger partial charge in [-0.05, 0) is 38.1 Å². The smallest absolute Gasteiger partial charge is 0.241 e. The highest BCUT2D eigenvalue weighted by Crippen LogP contribution is 2.16. The highest BCUT2D eigenvalue weighted by Gasteiger charge is 2.21. The van der Waals surface area contributed by atoms with E-state index in [1.807, 2.05) is 30.3 Å². The summed E-state index contributed by atoms with van der Waals surface area (Å²) in [6.45, 7) is 3.32. The van der Waals surface area contributed by atoms with Crippen molar-refractivity contribution in [1.29, 1.82) is 0 Å². The Morgan fingerprint density at radius 2 is 1.67 bits per heavy atom. The molecule has 2 rings (SSSR count). The van der Waals surface area contributed by atoms with E-state index < -0.39 is 22.0 Å². The lowest BCUT2D eigenvalue weighted by Gasteiger charge is -2.14. The van der Waals surface area contributed by atoms with E-state index in [1.54, 1.807) is 11.8 Å². The standard InChI is InChI=1S/C19H22N2O4S2/c1-14(19(23)20-12-13-26-17-6-4-3-5-7-17)21-27(24,25)18-10-8-16(9-11-18)15(2)22/h3-11,14,21H,12-13H2,1-2H3,(H,20,23)/t14-/m0/s1. The molecule has 27 heavy (non-hydrogen) atoms. The van der Waals surface area contributed by atoms with Crippen LogP contribution in [0.25, 0.3) is 0 Å². The minimum atomic E-state index is -3.85. The Bertz CT molecular complexity index is 882. The summed E-state index contributed by atoms with van der Waals surface area (Å²) >= 11 is 1.61. The highest BCUT2D eigenvalue weighted by molar-refractivity contribution is 7.99. The number of ketones is 1. The quantitative estimate of drug-likeness (QED) is 0.379. The normalized spacial score (nSPS) is 12.4. The number of carbonyl (C=O) groups excluding carboxylic acids is 2. The molecule has 0 radical (unpaired) electrons. The van der Waals surface area contributed by atoms with Gasteiger partial charge in [0.2, 0.25) is 15.9 Å². The molecular weight excluding hydrogens is 384 g/mol. The summed E-state index contributed by atoms with van der Waals surface area (Å²) in [6.07, 6.45) is 0. The molecule has 0 unspecified atom stereocenters. The average molecular weight is 407 g/mol. The van der Waals surface area contributed by atoms with Crippen molar-refractivity contribution in [1.82, 2.24) is 10.0 Å². The van der Waals surface area contributed by atoms with Gasteiger partial charge in [0.05, 0.1) is 10.9 Å². The third kappa shape index (κ3) is 6.50. The summed E-state index contributed by atoms with van der Waals surface area (Å²) in [7, 11) is -3.85. The first-order chi connectivity index (χ1) is 12.8. The van der Waals surface area contributed by atoms with Crippen molar-refractivity contribution in [3.63, 3.8) is 0 Å². The Morgan fingerprint density at radius 1 is 1.04 bits per heavy atom. The van der Waals surface area contributed by atoms with E-state index in [9.17, 15) is 18.0 Å². The number of hydrogen-bond donors (Lipinski definition) is 2. The summed E-state index contributed by atoms with van der Waals surface area (Å²) in [5.74, 6) is 0.141. The van der Waals surface area contributed by atoms with Crippen LogP contribution >= 0.6 is 11.8 Å². The second kappa shape index (κ2) is 9.68. The van der Waals surface area contributed by atoms with Crippen LogP contribution in [0.2, 0.25) is 0 Å². The number of Topliss-reactive ketones (excluding diaryl/α,β-unsaturated/α-hetero) is 1. The molecule has 0 saturated heterocycles. The van der Waals surface area contributed by atoms with E-state index in [1.165, 1.54) is 38.1 Å². The molecule has 0 aliphatic rings. The first-order valence-corrected chi connectivity index (χ1v) is 10.9. The number of sulfonamides is 1. The Labute approximate surface area is 163 Å². The second-order valence-corrected chi connectivity index (χ2v) is 8.76. The molecule has 0 fully saturated rings. The molecule has 1 amide bonds. The predicted molar refractivity (Wildman–Crippen MR) is 106 cm³/mol. The van der Waals surface area contributed by atoms with Crippen molar-refractivity contribution >= 4 is 33.5 Å². The van der Waals surface area contributed by atoms with Crippen LogP contribution in [0.1, 0.15) is 24.2 Å². The zero-order chi connectivity index (χ0) is 19.9. The predicted octanol–water partition coefficient (Wildman–Crippen LogP) is 2.46. The lowest BCUT2D eigenvalue weighted by molar-refractivity contribution is -0.122. The Kier molecular flexibility index (Phi) is 7.58. The molecule has 0 aliphatic carbocycles. The molecule has 6 nitrogen and oxygen atoms in total. The molecule has 0 heterocycles. The first-order valence-electron chi connectivity index (χ1n) is 8.38. The molecule has 0 aliphatic heterocycles. The van der Waals surface area contributed by atoms with Crippen LogP contribution < -0.4 is 10.0 Å². The average Bonchev–Trinajstić information content (AvgIpc) is 2.65. The van der Waals surface area contributed by atoms with E-state index in [-0.39, 0.29) is 10.7 Å². The Hall–Kier alpha value is -2.16. The zero-order valence-electron chi connectivity index (χ0n) is 15.1. The van der Waals surface area contributed by atoms with Crippen LogP contribution in [0.5, 0.6) is 0 Å². The molecule has 2 N–H and O–H groups in total. The van der Waals surface area contributed by atoms with Gasteiger partial charge in [-0.2, -0.15) is 4.72 Å². The largest absolute Gasteiger partial charge is 0.354 e. The van der Waals surface area contributed by atoms with E-state index >= 15 is 0 Å². The summed E-state index contributed by atoms with van der Waals surface area (Å²) < 4.78 is 27.1. The zero-order valence-corrected chi connectivity index (χ0v) is 16.8. The summed E-state index contributed by atoms with van der Waals surface area (Å²) in [4.78, 5) is 24.5. The molecule has 2 aromatic rings. The number of carbonyl (C=O) groups is 2. The lowest BCUT2D eigenvalue weighted by Crippen LogP contribution is -2.45. The van der Waals surface area contributed by atoms with Gasteiger partial charge in [0.15, 0.2) is 5.78 Å². The van der Waals surface area contributed by atoms with Crippen molar-refractivity contribution in [2.24, 2.45) is 0 Å². The van der Waals surface area contributed by atoms with Gasteiger partial charge in [0, 0.05) is 22.8 Å². The van der Waals surface area contributed by atoms with Gasteiger partial charge in [-0.15, -0.1) is 11.8 Å². The second-order valence-electron chi connectivity index (χ2n) is 5.88. The van der Waals surface area contributed by atoms with Crippen LogP contribution in [0.15, 0.2) is 64.4 Å². The molecule has 0 aromatic heterocycles. The molecule has 0 saturated carbocycles. The van der Waals surface area contributed by atoms with Gasteiger partial charge in [-0.25, -0.2) is 8.42 Å². The maximum absolute atomic E-state index is 12.4. The van der Waals surface area contributed by atoms with Crippen molar-refractivity contribution < 1.29 is 18.0 Å². The van der Waals surface area contributed by atoms with Gasteiger partial charge in [-0.3, -0.25) is 9.59 Å². The van der Waals surface area contributed by atoms with Crippen LogP contribution in [0, 0.1) is 0 Å². The molecule has 0 spiro atoms. The fourth-order valence-corrected chi connectivity index (χ4v) is 4.23. The monoisotopic (exact) mass is 406 g/mol. The van der Waals surface area contributed by atoms with Crippen LogP contribution in [-0.2, 0) is 14.8 Å². The lowest BCUT2D eigenvalue weighted by atomic mass is 10.2. The third-order valence-electron chi connectivity index (χ3n) is 3.71. The fourth-order valence-electron chi connectivity index (χ4n) is 2.24. The van der Waals surface area contributed by atoms with Gasteiger partial charge >= 0.3 is 0 Å². The van der Waals surface area contributed by atoms with E-state index in [0.717, 1.165) is 4.90 Å². The molecular formula is C19H22N2O4S2. The van der Waals surface area contributed by atoms with E-state index in [4.69, 9.17) is 0 Å². The van der Waals surface area contributed by atoms with Gasteiger partial charge in [-0.1, -0.05) is 30.3 Å². The number of rotatable bonds is 9. The molecule has 144 valence electrons. The number of amides is 1. The number of nitrogens with one attached hydrogen (secondary N) is 2. The minimum Gasteiger partial charge on any atom is -0.354 e. The summed E-state index contributed by atoms with van der Waals surface area (Å²) in [6, 6.07) is 14.5. The Morgan fingerprint density at radius 3 is 2.26 bits per heavy atom. The number of hydrogen-bond acceptors (Lipinski definition) is 5. The van der Waals surface area contributed by atoms with Crippen molar-refractivity contribution in [3.05, 3.63) is 60.2 Å². The molecule has 1 atom stereocenters. The van der Waals surface area contributed by atoms with Crippen LogP contribution in [0.4, 0.5) is 0 Å². The summed E-state index contributed by atoms with van der Waals surface area (Å²) in [5.41, 5.74) is 0.427. The Balaban J connectivity index is 1.84. The SMILES string of the molecule is CC(=O)c1ccc(S(=O)(=O)N[C@@H](C)C(=O)NCCSc2ccccc2)cc1. The first kappa shape index (κ1) is 21.1. The van der Waals surface area contributed by atoms with Crippen molar-refractivity contribution in [3.8, 4) is 0 Å². The number of thioether (sulfide) groups is 1. The maximum atomic E-state index is 12.4. The summed E-state index contributed by atoms with van der Waals surface area (Å²) in [5, 5.41) is 2.72. The third-order valence-corrected chi connectivity index (χ3v) is 6.28. The minimum absolute atomic E-state index is 0.00628. The van der Waals surface area contributed by atoms with Crippen LogP contribution in [0.3, 0.4) is 0 Å². The number of benzene rings is 2. The van der Waals surface area contributed by atoms with Gasteiger partial charge in [0.1, 0.15) is 0 Å². The molecule has 8 heteroatoms.